The maximum atomic E-state index is 5.58. The zero-order valence-electron chi connectivity index (χ0n) is 14.6. The van der Waals surface area contributed by atoms with Crippen molar-refractivity contribution in [2.45, 2.75) is 32.7 Å². The maximum absolute atomic E-state index is 5.58. The van der Waals surface area contributed by atoms with Gasteiger partial charge in [0.2, 0.25) is 0 Å². The molecule has 128 valence electrons. The van der Waals surface area contributed by atoms with E-state index in [4.69, 9.17) is 9.73 Å². The Labute approximate surface area is 140 Å². The first-order chi connectivity index (χ1) is 11.3. The van der Waals surface area contributed by atoms with E-state index in [9.17, 15) is 0 Å². The van der Waals surface area contributed by atoms with E-state index in [0.717, 1.165) is 44.4 Å². The standard InChI is InChI=1S/C18H30N4O/c1-4-19-18(20-5-2)21-14-16(22-12-8-9-13-22)15-10-6-7-11-17(15)23-3/h6-7,10-11,16H,4-5,8-9,12-14H2,1-3H3,(H2,19,20,21). The Kier molecular flexibility index (Phi) is 7.20. The van der Waals surface area contributed by atoms with Gasteiger partial charge in [0.1, 0.15) is 5.75 Å². The van der Waals surface area contributed by atoms with E-state index >= 15 is 0 Å². The van der Waals surface area contributed by atoms with Crippen molar-refractivity contribution in [3.05, 3.63) is 29.8 Å². The molecule has 1 aliphatic heterocycles. The van der Waals surface area contributed by atoms with Gasteiger partial charge >= 0.3 is 0 Å². The molecule has 2 rings (SSSR count). The lowest BCUT2D eigenvalue weighted by Crippen LogP contribution is -2.38. The van der Waals surface area contributed by atoms with Crippen LogP contribution in [-0.4, -0.2) is 50.7 Å². The average molecular weight is 318 g/mol. The first-order valence-electron chi connectivity index (χ1n) is 8.69. The van der Waals surface area contributed by atoms with Crippen LogP contribution in [0.1, 0.15) is 38.3 Å². The summed E-state index contributed by atoms with van der Waals surface area (Å²) < 4.78 is 5.58. The number of benzene rings is 1. The highest BCUT2D eigenvalue weighted by Gasteiger charge is 2.25. The molecule has 0 saturated carbocycles. The number of nitrogens with zero attached hydrogens (tertiary/aromatic N) is 2. The molecule has 1 fully saturated rings. The first-order valence-corrected chi connectivity index (χ1v) is 8.69. The van der Waals surface area contributed by atoms with Crippen LogP contribution in [0, 0.1) is 0 Å². The second-order valence-electron chi connectivity index (χ2n) is 5.75. The summed E-state index contributed by atoms with van der Waals surface area (Å²) in [5.41, 5.74) is 1.23. The van der Waals surface area contributed by atoms with Crippen molar-refractivity contribution >= 4 is 5.96 Å². The van der Waals surface area contributed by atoms with Crippen LogP contribution in [0.15, 0.2) is 29.3 Å². The second kappa shape index (κ2) is 9.40. The fourth-order valence-electron chi connectivity index (χ4n) is 3.09. The quantitative estimate of drug-likeness (QED) is 0.599. The summed E-state index contributed by atoms with van der Waals surface area (Å²) in [5.74, 6) is 1.84. The molecule has 1 unspecified atom stereocenters. The summed E-state index contributed by atoms with van der Waals surface area (Å²) in [6, 6.07) is 8.57. The van der Waals surface area contributed by atoms with Crippen LogP contribution in [-0.2, 0) is 0 Å². The third-order valence-electron chi connectivity index (χ3n) is 4.19. The van der Waals surface area contributed by atoms with Crippen LogP contribution < -0.4 is 15.4 Å². The van der Waals surface area contributed by atoms with Crippen LogP contribution >= 0.6 is 0 Å². The van der Waals surface area contributed by atoms with Crippen molar-refractivity contribution in [3.8, 4) is 5.75 Å². The molecule has 1 heterocycles. The minimum absolute atomic E-state index is 0.265. The minimum atomic E-state index is 0.265. The Morgan fingerprint density at radius 1 is 1.17 bits per heavy atom. The van der Waals surface area contributed by atoms with Gasteiger partial charge in [-0.2, -0.15) is 0 Å². The summed E-state index contributed by atoms with van der Waals surface area (Å²) in [5, 5.41) is 6.60. The van der Waals surface area contributed by atoms with E-state index in [0.29, 0.717) is 0 Å². The van der Waals surface area contributed by atoms with Crippen molar-refractivity contribution in [1.82, 2.24) is 15.5 Å². The average Bonchev–Trinajstić information content (AvgIpc) is 3.10. The van der Waals surface area contributed by atoms with Crippen LogP contribution in [0.3, 0.4) is 0 Å². The topological polar surface area (TPSA) is 48.9 Å². The summed E-state index contributed by atoms with van der Waals surface area (Å²) in [6.07, 6.45) is 2.53. The molecule has 0 bridgehead atoms. The normalized spacial score (nSPS) is 16.0. The van der Waals surface area contributed by atoms with Crippen LogP contribution in [0.5, 0.6) is 5.75 Å². The summed E-state index contributed by atoms with van der Waals surface area (Å²) in [7, 11) is 1.74. The van der Waals surface area contributed by atoms with E-state index in [-0.39, 0.29) is 6.04 Å². The van der Waals surface area contributed by atoms with Gasteiger partial charge in [-0.25, -0.2) is 0 Å². The van der Waals surface area contributed by atoms with Gasteiger partial charge in [-0.05, 0) is 45.8 Å². The number of hydrogen-bond donors (Lipinski definition) is 2. The number of nitrogens with one attached hydrogen (secondary N) is 2. The highest BCUT2D eigenvalue weighted by molar-refractivity contribution is 5.79. The summed E-state index contributed by atoms with van der Waals surface area (Å²) in [4.78, 5) is 7.32. The van der Waals surface area contributed by atoms with E-state index in [2.05, 4.69) is 41.5 Å². The smallest absolute Gasteiger partial charge is 0.191 e. The fourth-order valence-corrected chi connectivity index (χ4v) is 3.09. The number of para-hydroxylation sites is 1. The number of aliphatic imine (C=N–C) groups is 1. The highest BCUT2D eigenvalue weighted by Crippen LogP contribution is 2.31. The molecule has 5 nitrogen and oxygen atoms in total. The molecule has 1 saturated heterocycles. The lowest BCUT2D eigenvalue weighted by molar-refractivity contribution is 0.245. The number of hydrogen-bond acceptors (Lipinski definition) is 3. The molecular weight excluding hydrogens is 288 g/mol. The van der Waals surface area contributed by atoms with E-state index < -0.39 is 0 Å². The zero-order valence-corrected chi connectivity index (χ0v) is 14.6. The van der Waals surface area contributed by atoms with Gasteiger partial charge in [0.15, 0.2) is 5.96 Å². The summed E-state index contributed by atoms with van der Waals surface area (Å²) >= 11 is 0. The molecule has 0 aliphatic carbocycles. The lowest BCUT2D eigenvalue weighted by atomic mass is 10.0. The predicted octanol–water partition coefficient (Wildman–Crippen LogP) is 2.41. The molecule has 1 aromatic rings. The lowest BCUT2D eigenvalue weighted by Gasteiger charge is -2.28. The van der Waals surface area contributed by atoms with Crippen molar-refractivity contribution < 1.29 is 4.74 Å². The van der Waals surface area contributed by atoms with Gasteiger partial charge in [-0.3, -0.25) is 9.89 Å². The molecule has 1 atom stereocenters. The van der Waals surface area contributed by atoms with Gasteiger partial charge in [0.25, 0.3) is 0 Å². The van der Waals surface area contributed by atoms with E-state index in [1.807, 2.05) is 12.1 Å². The molecule has 1 aromatic carbocycles. The molecule has 5 heteroatoms. The predicted molar refractivity (Wildman–Crippen MR) is 96.2 cm³/mol. The molecule has 0 radical (unpaired) electrons. The van der Waals surface area contributed by atoms with E-state index in [1.165, 1.54) is 18.4 Å². The third-order valence-corrected chi connectivity index (χ3v) is 4.19. The summed E-state index contributed by atoms with van der Waals surface area (Å²) in [6.45, 7) is 8.92. The van der Waals surface area contributed by atoms with Gasteiger partial charge in [-0.1, -0.05) is 18.2 Å². The maximum Gasteiger partial charge on any atom is 0.191 e. The molecule has 0 spiro atoms. The Hall–Kier alpha value is -1.75. The van der Waals surface area contributed by atoms with Crippen LogP contribution in [0.25, 0.3) is 0 Å². The highest BCUT2D eigenvalue weighted by atomic mass is 16.5. The number of ether oxygens (including phenoxy) is 1. The van der Waals surface area contributed by atoms with Crippen molar-refractivity contribution in [2.75, 3.05) is 39.8 Å². The minimum Gasteiger partial charge on any atom is -0.496 e. The molecule has 0 amide bonds. The van der Waals surface area contributed by atoms with Crippen molar-refractivity contribution in [2.24, 2.45) is 4.99 Å². The molecule has 0 aromatic heterocycles. The SMILES string of the molecule is CCNC(=NCC(c1ccccc1OC)N1CCCC1)NCC. The monoisotopic (exact) mass is 318 g/mol. The number of rotatable bonds is 7. The van der Waals surface area contributed by atoms with Crippen molar-refractivity contribution in [1.29, 1.82) is 0 Å². The molecular formula is C18H30N4O. The Bertz CT molecular complexity index is 490. The van der Waals surface area contributed by atoms with Crippen LogP contribution in [0.2, 0.25) is 0 Å². The largest absolute Gasteiger partial charge is 0.496 e. The number of likely N-dealkylation sites (tertiary alicyclic amines) is 1. The van der Waals surface area contributed by atoms with Gasteiger partial charge < -0.3 is 15.4 Å². The molecule has 1 aliphatic rings. The van der Waals surface area contributed by atoms with Gasteiger partial charge in [0, 0.05) is 18.7 Å². The Morgan fingerprint density at radius 3 is 2.43 bits per heavy atom. The van der Waals surface area contributed by atoms with Gasteiger partial charge in [-0.15, -0.1) is 0 Å². The van der Waals surface area contributed by atoms with Crippen LogP contribution in [0.4, 0.5) is 0 Å². The first kappa shape index (κ1) is 17.6. The Balaban J connectivity index is 2.22. The number of guanidine groups is 1. The number of methoxy groups -OCH3 is 1. The zero-order chi connectivity index (χ0) is 16.5. The third kappa shape index (κ3) is 4.86. The van der Waals surface area contributed by atoms with Gasteiger partial charge in [0.05, 0.1) is 19.7 Å². The molecule has 23 heavy (non-hydrogen) atoms. The fraction of sp³-hybridized carbons (Fsp3) is 0.611. The van der Waals surface area contributed by atoms with Crippen molar-refractivity contribution in [3.63, 3.8) is 0 Å². The van der Waals surface area contributed by atoms with E-state index in [1.54, 1.807) is 7.11 Å². The molecule has 2 N–H and O–H groups in total. The second-order valence-corrected chi connectivity index (χ2v) is 5.75. The Morgan fingerprint density at radius 2 is 1.83 bits per heavy atom.